The van der Waals surface area contributed by atoms with Gasteiger partial charge in [-0.1, -0.05) is 0 Å². The van der Waals surface area contributed by atoms with E-state index in [0.717, 1.165) is 17.1 Å². The third-order valence-electron chi connectivity index (χ3n) is 4.48. The van der Waals surface area contributed by atoms with Crippen molar-refractivity contribution in [2.24, 2.45) is 0 Å². The summed E-state index contributed by atoms with van der Waals surface area (Å²) in [6, 6.07) is 16.2. The maximum Gasteiger partial charge on any atom is 0.338 e. The van der Waals surface area contributed by atoms with Gasteiger partial charge in [-0.3, -0.25) is 4.79 Å². The molecule has 1 unspecified atom stereocenters. The number of esters is 1. The normalized spacial score (nSPS) is 11.6. The van der Waals surface area contributed by atoms with Crippen molar-refractivity contribution in [2.75, 3.05) is 24.3 Å². The highest BCUT2D eigenvalue weighted by Gasteiger charge is 2.19. The van der Waals surface area contributed by atoms with E-state index in [-0.39, 0.29) is 5.91 Å². The largest absolute Gasteiger partial charge is 0.449 e. The highest BCUT2D eigenvalue weighted by atomic mass is 16.5. The van der Waals surface area contributed by atoms with Crippen molar-refractivity contribution in [3.63, 3.8) is 0 Å². The number of aryl methyl sites for hydroxylation is 1. The lowest BCUT2D eigenvalue weighted by Crippen LogP contribution is -2.30. The van der Waals surface area contributed by atoms with Gasteiger partial charge >= 0.3 is 5.97 Å². The number of hydrogen-bond acceptors (Lipinski definition) is 5. The molecule has 2 aromatic carbocycles. The Hall–Kier alpha value is -3.61. The number of nitrogens with one attached hydrogen (secondary N) is 1. The SMILES string of the molecule is Cc1ccnn1-c1ccc(C(=O)OC(C)C(=O)Nc2ccc(N(C)C)cc2)cc1. The fourth-order valence-corrected chi connectivity index (χ4v) is 2.75. The van der Waals surface area contributed by atoms with Gasteiger partial charge in [-0.05, 0) is 68.4 Å². The van der Waals surface area contributed by atoms with Gasteiger partial charge in [-0.2, -0.15) is 5.10 Å². The average molecular weight is 392 g/mol. The number of carbonyl (C=O) groups excluding carboxylic acids is 2. The number of aromatic nitrogens is 2. The molecular formula is C22H24N4O3. The predicted molar refractivity (Wildman–Crippen MR) is 113 cm³/mol. The summed E-state index contributed by atoms with van der Waals surface area (Å²) in [4.78, 5) is 26.7. The zero-order valence-corrected chi connectivity index (χ0v) is 16.9. The lowest BCUT2D eigenvalue weighted by Gasteiger charge is -2.15. The maximum atomic E-state index is 12.4. The molecule has 150 valence electrons. The van der Waals surface area contributed by atoms with Gasteiger partial charge in [0.25, 0.3) is 5.91 Å². The highest BCUT2D eigenvalue weighted by Crippen LogP contribution is 2.17. The molecule has 1 aromatic heterocycles. The molecule has 3 rings (SSSR count). The molecule has 1 amide bonds. The summed E-state index contributed by atoms with van der Waals surface area (Å²) >= 11 is 0. The maximum absolute atomic E-state index is 12.4. The van der Waals surface area contributed by atoms with E-state index in [1.54, 1.807) is 54.2 Å². The van der Waals surface area contributed by atoms with Crippen LogP contribution in [-0.4, -0.2) is 41.9 Å². The molecule has 0 radical (unpaired) electrons. The van der Waals surface area contributed by atoms with Gasteiger partial charge in [-0.25, -0.2) is 9.48 Å². The molecule has 0 saturated heterocycles. The number of carbonyl (C=O) groups is 2. The van der Waals surface area contributed by atoms with E-state index in [1.165, 1.54) is 0 Å². The third-order valence-corrected chi connectivity index (χ3v) is 4.48. The summed E-state index contributed by atoms with van der Waals surface area (Å²) in [5.41, 5.74) is 3.87. The Morgan fingerprint density at radius 3 is 2.24 bits per heavy atom. The highest BCUT2D eigenvalue weighted by molar-refractivity contribution is 5.97. The molecule has 0 bridgehead atoms. The molecule has 0 fully saturated rings. The van der Waals surface area contributed by atoms with Crippen LogP contribution in [0.5, 0.6) is 0 Å². The minimum atomic E-state index is -0.927. The van der Waals surface area contributed by atoms with Gasteiger partial charge in [0.05, 0.1) is 11.3 Å². The first kappa shape index (κ1) is 20.1. The van der Waals surface area contributed by atoms with Crippen LogP contribution in [0, 0.1) is 6.92 Å². The number of ether oxygens (including phenoxy) is 1. The summed E-state index contributed by atoms with van der Waals surface area (Å²) in [7, 11) is 3.88. The Labute approximate surface area is 169 Å². The number of nitrogens with zero attached hydrogens (tertiary/aromatic N) is 3. The van der Waals surface area contributed by atoms with E-state index in [0.29, 0.717) is 11.3 Å². The first-order valence-electron chi connectivity index (χ1n) is 9.25. The second-order valence-corrected chi connectivity index (χ2v) is 6.91. The van der Waals surface area contributed by atoms with Crippen molar-refractivity contribution in [3.8, 4) is 5.69 Å². The first-order chi connectivity index (χ1) is 13.8. The molecule has 0 aliphatic carbocycles. The molecule has 0 saturated carbocycles. The van der Waals surface area contributed by atoms with E-state index in [1.807, 2.05) is 44.1 Å². The Kier molecular flexibility index (Phi) is 5.97. The summed E-state index contributed by atoms with van der Waals surface area (Å²) in [5, 5.41) is 6.98. The van der Waals surface area contributed by atoms with Gasteiger partial charge in [0.15, 0.2) is 6.10 Å². The van der Waals surface area contributed by atoms with Gasteiger partial charge in [0, 0.05) is 37.4 Å². The second-order valence-electron chi connectivity index (χ2n) is 6.91. The number of amides is 1. The molecule has 3 aromatic rings. The third kappa shape index (κ3) is 4.82. The minimum absolute atomic E-state index is 0.369. The smallest absolute Gasteiger partial charge is 0.338 e. The van der Waals surface area contributed by atoms with E-state index >= 15 is 0 Å². The minimum Gasteiger partial charge on any atom is -0.449 e. The van der Waals surface area contributed by atoms with Gasteiger partial charge in [0.1, 0.15) is 0 Å². The first-order valence-corrected chi connectivity index (χ1v) is 9.25. The molecular weight excluding hydrogens is 368 g/mol. The van der Waals surface area contributed by atoms with Crippen LogP contribution in [0.25, 0.3) is 5.69 Å². The molecule has 7 nitrogen and oxygen atoms in total. The van der Waals surface area contributed by atoms with Crippen LogP contribution in [0.15, 0.2) is 60.8 Å². The van der Waals surface area contributed by atoms with Crippen LogP contribution in [0.3, 0.4) is 0 Å². The zero-order valence-electron chi connectivity index (χ0n) is 16.9. The molecule has 7 heteroatoms. The number of hydrogen-bond donors (Lipinski definition) is 1. The summed E-state index contributed by atoms with van der Waals surface area (Å²) in [6.07, 6.45) is 0.787. The van der Waals surface area contributed by atoms with Crippen molar-refractivity contribution in [2.45, 2.75) is 20.0 Å². The standard InChI is InChI=1S/C22H24N4O3/c1-15-13-14-23-26(15)20-9-5-17(6-10-20)22(28)29-16(2)21(27)24-18-7-11-19(12-8-18)25(3)4/h5-14,16H,1-4H3,(H,24,27). The molecule has 1 N–H and O–H groups in total. The summed E-state index contributed by atoms with van der Waals surface area (Å²) in [6.45, 7) is 3.49. The summed E-state index contributed by atoms with van der Waals surface area (Å²) in [5.74, 6) is -0.945. The summed E-state index contributed by atoms with van der Waals surface area (Å²) < 4.78 is 7.08. The van der Waals surface area contributed by atoms with E-state index < -0.39 is 12.1 Å². The fourth-order valence-electron chi connectivity index (χ4n) is 2.75. The van der Waals surface area contributed by atoms with E-state index in [2.05, 4.69) is 10.4 Å². The number of rotatable bonds is 6. The molecule has 1 atom stereocenters. The second kappa shape index (κ2) is 8.60. The number of benzene rings is 2. The quantitative estimate of drug-likeness (QED) is 0.651. The average Bonchev–Trinajstić information content (AvgIpc) is 3.14. The lowest BCUT2D eigenvalue weighted by molar-refractivity contribution is -0.123. The Morgan fingerprint density at radius 2 is 1.69 bits per heavy atom. The molecule has 0 aliphatic heterocycles. The van der Waals surface area contributed by atoms with E-state index in [4.69, 9.17) is 4.74 Å². The van der Waals surface area contributed by atoms with Crippen molar-refractivity contribution >= 4 is 23.3 Å². The van der Waals surface area contributed by atoms with Crippen LogP contribution in [0.1, 0.15) is 23.0 Å². The van der Waals surface area contributed by atoms with Crippen molar-refractivity contribution in [3.05, 3.63) is 72.1 Å². The van der Waals surface area contributed by atoms with Crippen molar-refractivity contribution < 1.29 is 14.3 Å². The predicted octanol–water partition coefficient (Wildman–Crippen LogP) is 3.43. The Bertz CT molecular complexity index is 992. The molecule has 0 spiro atoms. The van der Waals surface area contributed by atoms with Crippen LogP contribution in [0.4, 0.5) is 11.4 Å². The fraction of sp³-hybridized carbons (Fsp3) is 0.227. The van der Waals surface area contributed by atoms with Crippen molar-refractivity contribution in [1.82, 2.24) is 9.78 Å². The molecule has 1 heterocycles. The van der Waals surface area contributed by atoms with Crippen LogP contribution >= 0.6 is 0 Å². The zero-order chi connectivity index (χ0) is 21.0. The van der Waals surface area contributed by atoms with Gasteiger partial charge in [-0.15, -0.1) is 0 Å². The van der Waals surface area contributed by atoms with Crippen molar-refractivity contribution in [1.29, 1.82) is 0 Å². The van der Waals surface area contributed by atoms with Crippen LogP contribution in [-0.2, 0) is 9.53 Å². The van der Waals surface area contributed by atoms with Crippen LogP contribution < -0.4 is 10.2 Å². The Morgan fingerprint density at radius 1 is 1.03 bits per heavy atom. The number of anilines is 2. The van der Waals surface area contributed by atoms with Crippen LogP contribution in [0.2, 0.25) is 0 Å². The monoisotopic (exact) mass is 392 g/mol. The van der Waals surface area contributed by atoms with Gasteiger partial charge < -0.3 is 15.0 Å². The van der Waals surface area contributed by atoms with E-state index in [9.17, 15) is 9.59 Å². The topological polar surface area (TPSA) is 76.5 Å². The molecule has 29 heavy (non-hydrogen) atoms. The molecule has 0 aliphatic rings. The lowest BCUT2D eigenvalue weighted by atomic mass is 10.2. The van der Waals surface area contributed by atoms with Gasteiger partial charge in [0.2, 0.25) is 0 Å². The Balaban J connectivity index is 1.59.